The molecule has 0 fully saturated rings. The van der Waals surface area contributed by atoms with E-state index in [2.05, 4.69) is 38.3 Å². The molecule has 14 heavy (non-hydrogen) atoms. The van der Waals surface area contributed by atoms with E-state index in [-0.39, 0.29) is 0 Å². The van der Waals surface area contributed by atoms with Crippen LogP contribution in [-0.2, 0) is 4.79 Å². The van der Waals surface area contributed by atoms with Gasteiger partial charge in [0.2, 0.25) is 0 Å². The fourth-order valence-electron chi connectivity index (χ4n) is 1.78. The predicted molar refractivity (Wildman–Crippen MR) is 64.0 cm³/mol. The molecule has 1 aliphatic rings. The van der Waals surface area contributed by atoms with Gasteiger partial charge < -0.3 is 0 Å². The zero-order valence-electron chi connectivity index (χ0n) is 9.68. The minimum atomic E-state index is -1.16. The van der Waals surface area contributed by atoms with Gasteiger partial charge in [0.05, 0.1) is 8.07 Å². The summed E-state index contributed by atoms with van der Waals surface area (Å²) in [5.74, 6) is 0.344. The topological polar surface area (TPSA) is 17.1 Å². The van der Waals surface area contributed by atoms with Crippen LogP contribution in [0.1, 0.15) is 26.2 Å². The minimum absolute atomic E-state index is 0.344. The highest BCUT2D eigenvalue weighted by atomic mass is 28.3. The summed E-state index contributed by atoms with van der Waals surface area (Å²) in [6, 6.07) is 0. The molecule has 0 saturated carbocycles. The molecular formula is C12H20OSi. The lowest BCUT2D eigenvalue weighted by Gasteiger charge is -2.09. The molecule has 0 aromatic heterocycles. The molecule has 2 heteroatoms. The lowest BCUT2D eigenvalue weighted by Crippen LogP contribution is -2.16. The number of carbonyl (C=O) groups is 1. The Morgan fingerprint density at radius 2 is 2.07 bits per heavy atom. The van der Waals surface area contributed by atoms with Crippen LogP contribution < -0.4 is 0 Å². The maximum absolute atomic E-state index is 11.6. The van der Waals surface area contributed by atoms with E-state index in [1.165, 1.54) is 5.57 Å². The highest BCUT2D eigenvalue weighted by Crippen LogP contribution is 2.25. The molecule has 0 aromatic rings. The summed E-state index contributed by atoms with van der Waals surface area (Å²) in [5, 5.41) is 0. The van der Waals surface area contributed by atoms with Crippen molar-refractivity contribution in [2.75, 3.05) is 0 Å². The van der Waals surface area contributed by atoms with Crippen molar-refractivity contribution >= 4 is 13.9 Å². The number of hydrogen-bond acceptors (Lipinski definition) is 1. The second-order valence-corrected chi connectivity index (χ2v) is 10.1. The van der Waals surface area contributed by atoms with Crippen molar-refractivity contribution in [3.05, 3.63) is 22.9 Å². The molecule has 0 amide bonds. The average Bonchev–Trinajstić information content (AvgIpc) is 2.28. The molecule has 0 aliphatic heterocycles. The summed E-state index contributed by atoms with van der Waals surface area (Å²) in [6.45, 7) is 9.02. The van der Waals surface area contributed by atoms with Crippen molar-refractivity contribution in [1.29, 1.82) is 0 Å². The van der Waals surface area contributed by atoms with Gasteiger partial charge in [0.1, 0.15) is 0 Å². The Bertz CT molecular complexity index is 292. The molecule has 0 radical (unpaired) electrons. The molecule has 1 rings (SSSR count). The van der Waals surface area contributed by atoms with Crippen molar-refractivity contribution in [2.45, 2.75) is 45.8 Å². The van der Waals surface area contributed by atoms with E-state index in [9.17, 15) is 4.79 Å². The van der Waals surface area contributed by atoms with Crippen molar-refractivity contribution < 1.29 is 4.79 Å². The SMILES string of the molecule is CCCC1=C/C(=C/[Si](C)(C)C)CC1=O. The summed E-state index contributed by atoms with van der Waals surface area (Å²) in [5.41, 5.74) is 4.64. The molecule has 0 N–H and O–H groups in total. The predicted octanol–water partition coefficient (Wildman–Crippen LogP) is 3.49. The van der Waals surface area contributed by atoms with Gasteiger partial charge in [-0.05, 0) is 17.6 Å². The Morgan fingerprint density at radius 3 is 2.57 bits per heavy atom. The number of rotatable bonds is 3. The number of carbonyl (C=O) groups excluding carboxylic acids is 1. The third-order valence-electron chi connectivity index (χ3n) is 2.22. The summed E-state index contributed by atoms with van der Waals surface area (Å²) >= 11 is 0. The molecule has 1 nitrogen and oxygen atoms in total. The Labute approximate surface area is 87.9 Å². The third-order valence-corrected chi connectivity index (χ3v) is 3.46. The summed E-state index contributed by atoms with van der Waals surface area (Å²) < 4.78 is 0. The molecule has 78 valence electrons. The number of allylic oxidation sites excluding steroid dienone is 3. The van der Waals surface area contributed by atoms with Gasteiger partial charge in [-0.3, -0.25) is 4.79 Å². The molecule has 0 heterocycles. The molecule has 0 bridgehead atoms. The molecule has 0 atom stereocenters. The quantitative estimate of drug-likeness (QED) is 0.649. The first-order valence-electron chi connectivity index (χ1n) is 5.38. The largest absolute Gasteiger partial charge is 0.294 e. The van der Waals surface area contributed by atoms with E-state index >= 15 is 0 Å². The van der Waals surface area contributed by atoms with Crippen LogP contribution in [0.2, 0.25) is 19.6 Å². The molecule has 0 spiro atoms. The summed E-state index contributed by atoms with van der Waals surface area (Å²) in [4.78, 5) is 11.6. The normalized spacial score (nSPS) is 20.4. The second kappa shape index (κ2) is 4.26. The van der Waals surface area contributed by atoms with Gasteiger partial charge in [0, 0.05) is 6.42 Å². The monoisotopic (exact) mass is 208 g/mol. The zero-order chi connectivity index (χ0) is 10.8. The summed E-state index contributed by atoms with van der Waals surface area (Å²) in [7, 11) is -1.16. The molecule has 1 aliphatic carbocycles. The van der Waals surface area contributed by atoms with Gasteiger partial charge in [-0.1, -0.05) is 44.8 Å². The highest BCUT2D eigenvalue weighted by molar-refractivity contribution is 6.81. The first-order valence-corrected chi connectivity index (χ1v) is 8.95. The van der Waals surface area contributed by atoms with Gasteiger partial charge in [-0.25, -0.2) is 0 Å². The standard InChI is InChI=1S/C12H20OSi/c1-5-6-11-7-10(8-12(11)13)9-14(2,3)4/h7,9H,5-6,8H2,1-4H3/b10-9-. The van der Waals surface area contributed by atoms with E-state index in [0.717, 1.165) is 18.4 Å². The number of hydrogen-bond donors (Lipinski definition) is 0. The van der Waals surface area contributed by atoms with Crippen LogP contribution in [0.4, 0.5) is 0 Å². The lowest BCUT2D eigenvalue weighted by atomic mass is 10.1. The second-order valence-electron chi connectivity index (χ2n) is 5.10. The van der Waals surface area contributed by atoms with Gasteiger partial charge in [-0.15, -0.1) is 0 Å². The maximum atomic E-state index is 11.6. The van der Waals surface area contributed by atoms with Gasteiger partial charge in [-0.2, -0.15) is 0 Å². The first kappa shape index (κ1) is 11.4. The Balaban J connectivity index is 2.79. The van der Waals surface area contributed by atoms with Crippen LogP contribution >= 0.6 is 0 Å². The van der Waals surface area contributed by atoms with Crippen LogP contribution in [0.15, 0.2) is 22.9 Å². The smallest absolute Gasteiger partial charge is 0.163 e. The summed E-state index contributed by atoms with van der Waals surface area (Å²) in [6.07, 6.45) is 4.78. The van der Waals surface area contributed by atoms with Gasteiger partial charge in [0.25, 0.3) is 0 Å². The molecule has 0 aromatic carbocycles. The lowest BCUT2D eigenvalue weighted by molar-refractivity contribution is -0.114. The zero-order valence-corrected chi connectivity index (χ0v) is 10.7. The van der Waals surface area contributed by atoms with Crippen LogP contribution in [-0.4, -0.2) is 13.9 Å². The maximum Gasteiger partial charge on any atom is 0.163 e. The van der Waals surface area contributed by atoms with Crippen LogP contribution in [0.3, 0.4) is 0 Å². The number of ketones is 1. The van der Waals surface area contributed by atoms with Crippen LogP contribution in [0.25, 0.3) is 0 Å². The molecule has 0 unspecified atom stereocenters. The molecular weight excluding hydrogens is 188 g/mol. The fourth-order valence-corrected chi connectivity index (χ4v) is 3.08. The highest BCUT2D eigenvalue weighted by Gasteiger charge is 2.20. The van der Waals surface area contributed by atoms with E-state index < -0.39 is 8.07 Å². The fraction of sp³-hybridized carbons (Fsp3) is 0.583. The van der Waals surface area contributed by atoms with Crippen molar-refractivity contribution in [3.8, 4) is 0 Å². The van der Waals surface area contributed by atoms with Crippen molar-refractivity contribution in [3.63, 3.8) is 0 Å². The Morgan fingerprint density at radius 1 is 1.43 bits per heavy atom. The molecule has 0 saturated heterocycles. The Kier molecular flexibility index (Phi) is 3.48. The van der Waals surface area contributed by atoms with Crippen LogP contribution in [0.5, 0.6) is 0 Å². The van der Waals surface area contributed by atoms with Crippen molar-refractivity contribution in [2.24, 2.45) is 0 Å². The van der Waals surface area contributed by atoms with Crippen molar-refractivity contribution in [1.82, 2.24) is 0 Å². The minimum Gasteiger partial charge on any atom is -0.294 e. The third kappa shape index (κ3) is 3.26. The van der Waals surface area contributed by atoms with Crippen LogP contribution in [0, 0.1) is 0 Å². The first-order chi connectivity index (χ1) is 6.42. The van der Waals surface area contributed by atoms with E-state index in [0.29, 0.717) is 12.2 Å². The van der Waals surface area contributed by atoms with Gasteiger partial charge in [0.15, 0.2) is 5.78 Å². The van der Waals surface area contributed by atoms with E-state index in [1.54, 1.807) is 0 Å². The Hall–Kier alpha value is -0.633. The van der Waals surface area contributed by atoms with Gasteiger partial charge >= 0.3 is 0 Å². The van der Waals surface area contributed by atoms with E-state index in [1.807, 2.05) is 0 Å². The average molecular weight is 208 g/mol. The number of Topliss-reactive ketones (excluding diaryl/α,β-unsaturated/α-hetero) is 1. The van der Waals surface area contributed by atoms with E-state index in [4.69, 9.17) is 0 Å².